The Morgan fingerprint density at radius 1 is 1.47 bits per heavy atom. The van der Waals surface area contributed by atoms with Gasteiger partial charge >= 0.3 is 24.8 Å². The molecule has 1 amide bonds. The summed E-state index contributed by atoms with van der Waals surface area (Å²) in [6.45, 7) is 2.43. The monoisotopic (exact) mass is 295 g/mol. The van der Waals surface area contributed by atoms with Crippen molar-refractivity contribution < 1.29 is 14.7 Å². The van der Waals surface area contributed by atoms with Crippen molar-refractivity contribution in [2.75, 3.05) is 12.8 Å². The first-order valence-electron chi connectivity index (χ1n) is 5.30. The fourth-order valence-electron chi connectivity index (χ4n) is 1.34. The average Bonchev–Trinajstić information content (AvgIpc) is 2.34. The van der Waals surface area contributed by atoms with Crippen LogP contribution in [0.25, 0.3) is 0 Å². The Balaban J connectivity index is 0.00000324. The molecule has 7 heteroatoms. The third-order valence-electron chi connectivity index (χ3n) is 2.42. The molecule has 0 saturated carbocycles. The molecule has 0 aliphatic carbocycles. The van der Waals surface area contributed by atoms with Gasteiger partial charge in [0.05, 0.1) is 16.1 Å². The van der Waals surface area contributed by atoms with Gasteiger partial charge in [-0.3, -0.25) is 4.79 Å². The molecule has 0 spiro atoms. The van der Waals surface area contributed by atoms with Gasteiger partial charge in [-0.05, 0) is 18.4 Å². The van der Waals surface area contributed by atoms with Crippen molar-refractivity contribution in [3.8, 4) is 0 Å². The van der Waals surface area contributed by atoms with E-state index in [9.17, 15) is 9.59 Å². The van der Waals surface area contributed by atoms with Gasteiger partial charge in [0.25, 0.3) is 5.91 Å². The first kappa shape index (κ1) is 18.4. The van der Waals surface area contributed by atoms with Gasteiger partial charge in [-0.2, -0.15) is 11.8 Å². The van der Waals surface area contributed by atoms with Crippen molar-refractivity contribution in [1.82, 2.24) is 5.32 Å². The Kier molecular flexibility index (Phi) is 8.27. The Morgan fingerprint density at radius 2 is 2.11 bits per heavy atom. The van der Waals surface area contributed by atoms with E-state index >= 15 is 0 Å². The second-order valence-electron chi connectivity index (χ2n) is 3.72. The van der Waals surface area contributed by atoms with Crippen LogP contribution in [-0.4, -0.2) is 53.9 Å². The predicted molar refractivity (Wildman–Crippen MR) is 80.9 cm³/mol. The molecule has 4 nitrogen and oxygen atoms in total. The summed E-state index contributed by atoms with van der Waals surface area (Å²) < 4.78 is 0. The first-order valence-corrected chi connectivity index (χ1v) is 6.96. The maximum absolute atomic E-state index is 11.9. The first-order chi connectivity index (χ1) is 8.47. The number of carbonyl (C=O) groups is 2. The number of carboxylic acids is 1. The molecule has 0 aliphatic rings. The molecule has 0 bridgehead atoms. The van der Waals surface area contributed by atoms with Crippen molar-refractivity contribution in [3.63, 3.8) is 0 Å². The fraction of sp³-hybridized carbons (Fsp3) is 0.333. The van der Waals surface area contributed by atoms with Gasteiger partial charge in [0.15, 0.2) is 0 Å². The molecule has 0 radical (unpaired) electrons. The van der Waals surface area contributed by atoms with E-state index in [0.29, 0.717) is 6.54 Å². The third kappa shape index (κ3) is 5.11. The van der Waals surface area contributed by atoms with Gasteiger partial charge in [-0.25, -0.2) is 4.79 Å². The Hall–Kier alpha value is -0.603. The number of carbonyl (C=O) groups excluding carboxylic acids is 1. The number of amides is 1. The van der Waals surface area contributed by atoms with E-state index in [1.54, 1.807) is 11.8 Å². The number of benzene rings is 1. The van der Waals surface area contributed by atoms with Crippen molar-refractivity contribution in [2.24, 2.45) is 0 Å². The van der Waals surface area contributed by atoms with Crippen LogP contribution in [0.1, 0.15) is 27.6 Å². The zero-order chi connectivity index (χ0) is 13.7. The fourth-order valence-corrected chi connectivity index (χ4v) is 1.85. The van der Waals surface area contributed by atoms with Crippen molar-refractivity contribution in [2.45, 2.75) is 12.2 Å². The van der Waals surface area contributed by atoms with Gasteiger partial charge in [-0.1, -0.05) is 24.6 Å². The average molecular weight is 296 g/mol. The molecule has 1 rings (SSSR count). The van der Waals surface area contributed by atoms with Crippen LogP contribution in [0.4, 0.5) is 0 Å². The van der Waals surface area contributed by atoms with E-state index in [4.69, 9.17) is 16.7 Å². The van der Waals surface area contributed by atoms with Crippen LogP contribution >= 0.6 is 23.4 Å². The van der Waals surface area contributed by atoms with E-state index < -0.39 is 11.9 Å². The zero-order valence-corrected chi connectivity index (χ0v) is 11.6. The second-order valence-corrected chi connectivity index (χ2v) is 5.41. The number of hydrogen-bond donors (Lipinski definition) is 2. The molecule has 1 aromatic carbocycles. The molecule has 0 saturated heterocycles. The topological polar surface area (TPSA) is 66.4 Å². The van der Waals surface area contributed by atoms with Gasteiger partial charge in [0.2, 0.25) is 0 Å². The minimum atomic E-state index is -1.17. The van der Waals surface area contributed by atoms with E-state index in [-0.39, 0.29) is 40.3 Å². The Labute approximate surface area is 133 Å². The summed E-state index contributed by atoms with van der Waals surface area (Å²) in [7, 11) is 0. The summed E-state index contributed by atoms with van der Waals surface area (Å²) in [5.41, 5.74) is -0.0724. The molecule has 2 N–H and O–H groups in total. The third-order valence-corrected chi connectivity index (χ3v) is 3.71. The molecule has 1 aromatic rings. The van der Waals surface area contributed by atoms with E-state index in [1.165, 1.54) is 18.2 Å². The standard InChI is InChI=1S/C12H14ClNO3S.Li.H/c1-7(18-2)6-14-11(15)10-8(12(16)17)4-3-5-9(10)13;;/h3-5,7H,6H2,1-2H3,(H,14,15)(H,16,17);;. The molecule has 0 aromatic heterocycles. The molecular formula is C12H15ClLiNO3S. The summed E-state index contributed by atoms with van der Waals surface area (Å²) in [5.74, 6) is -1.63. The number of rotatable bonds is 5. The van der Waals surface area contributed by atoms with Gasteiger partial charge in [0.1, 0.15) is 0 Å². The predicted octanol–water partition coefficient (Wildman–Crippen LogP) is 1.87. The van der Waals surface area contributed by atoms with Crippen molar-refractivity contribution in [3.05, 3.63) is 34.3 Å². The second kappa shape index (κ2) is 8.54. The van der Waals surface area contributed by atoms with Crippen LogP contribution in [0.5, 0.6) is 0 Å². The van der Waals surface area contributed by atoms with E-state index in [0.717, 1.165) is 0 Å². The zero-order valence-electron chi connectivity index (χ0n) is 10.1. The van der Waals surface area contributed by atoms with Gasteiger partial charge < -0.3 is 10.4 Å². The quantitative estimate of drug-likeness (QED) is 0.814. The summed E-state index contributed by atoms with van der Waals surface area (Å²) in [6.07, 6.45) is 1.94. The van der Waals surface area contributed by atoms with Gasteiger partial charge in [0, 0.05) is 11.8 Å². The Morgan fingerprint density at radius 3 is 2.63 bits per heavy atom. The molecule has 0 aliphatic heterocycles. The maximum atomic E-state index is 11.9. The number of carboxylic acid groups (broad SMARTS) is 1. The number of hydrogen-bond acceptors (Lipinski definition) is 3. The molecule has 1 atom stereocenters. The van der Waals surface area contributed by atoms with E-state index in [1.807, 2.05) is 13.2 Å². The van der Waals surface area contributed by atoms with E-state index in [2.05, 4.69) is 5.32 Å². The number of aromatic carboxylic acids is 1. The van der Waals surface area contributed by atoms with Crippen LogP contribution in [0, 0.1) is 0 Å². The number of nitrogens with one attached hydrogen (secondary N) is 1. The minimum absolute atomic E-state index is 0. The molecular weight excluding hydrogens is 281 g/mol. The summed E-state index contributed by atoms with van der Waals surface area (Å²) >= 11 is 7.50. The van der Waals surface area contributed by atoms with Crippen LogP contribution in [0.15, 0.2) is 18.2 Å². The molecule has 19 heavy (non-hydrogen) atoms. The van der Waals surface area contributed by atoms with Crippen LogP contribution in [0.3, 0.4) is 0 Å². The van der Waals surface area contributed by atoms with Gasteiger partial charge in [-0.15, -0.1) is 0 Å². The molecule has 0 heterocycles. The summed E-state index contributed by atoms with van der Waals surface area (Å²) in [6, 6.07) is 4.37. The van der Waals surface area contributed by atoms with Crippen LogP contribution in [0.2, 0.25) is 5.02 Å². The normalized spacial score (nSPS) is 11.3. The molecule has 1 unspecified atom stereocenters. The van der Waals surface area contributed by atoms with Crippen LogP contribution < -0.4 is 5.32 Å². The Bertz CT molecular complexity index is 470. The summed E-state index contributed by atoms with van der Waals surface area (Å²) in [4.78, 5) is 23.0. The number of halogens is 1. The summed E-state index contributed by atoms with van der Waals surface area (Å²) in [5, 5.41) is 12.1. The SMILES string of the molecule is CSC(C)CNC(=O)c1c(Cl)cccc1C(=O)O.[LiH]. The molecule has 100 valence electrons. The van der Waals surface area contributed by atoms with Crippen molar-refractivity contribution in [1.29, 1.82) is 0 Å². The van der Waals surface area contributed by atoms with Crippen LogP contribution in [-0.2, 0) is 0 Å². The number of thioether (sulfide) groups is 1. The molecule has 0 fully saturated rings. The van der Waals surface area contributed by atoms with Crippen molar-refractivity contribution >= 4 is 54.1 Å².